The smallest absolute Gasteiger partial charge is 0.406 e. The highest BCUT2D eigenvalue weighted by Crippen LogP contribution is 2.27. The Bertz CT molecular complexity index is 1310. The van der Waals surface area contributed by atoms with Gasteiger partial charge in [0, 0.05) is 24.5 Å². The lowest BCUT2D eigenvalue weighted by Crippen LogP contribution is -2.49. The third kappa shape index (κ3) is 6.97. The Labute approximate surface area is 220 Å². The van der Waals surface area contributed by atoms with Crippen molar-refractivity contribution >= 4 is 16.6 Å². The van der Waals surface area contributed by atoms with Crippen LogP contribution in [0.3, 0.4) is 0 Å². The van der Waals surface area contributed by atoms with Gasteiger partial charge in [0.2, 0.25) is 0 Å². The molecule has 2 N–H and O–H groups in total. The summed E-state index contributed by atoms with van der Waals surface area (Å²) >= 11 is 0. The maximum Gasteiger partial charge on any atom is 0.406 e. The first-order chi connectivity index (χ1) is 18.2. The van der Waals surface area contributed by atoms with Crippen LogP contribution >= 0.6 is 0 Å². The number of hydrogen-bond acceptors (Lipinski definition) is 5. The number of fused-ring (bicyclic) bond motifs is 1. The van der Waals surface area contributed by atoms with Gasteiger partial charge in [-0.05, 0) is 62.2 Å². The van der Waals surface area contributed by atoms with E-state index in [1.54, 1.807) is 19.2 Å². The molecule has 2 atom stereocenters. The molecule has 0 amide bonds. The van der Waals surface area contributed by atoms with Gasteiger partial charge in [-0.3, -0.25) is 4.98 Å². The van der Waals surface area contributed by atoms with E-state index in [0.717, 1.165) is 28.8 Å². The van der Waals surface area contributed by atoms with Crippen LogP contribution in [0.25, 0.3) is 10.9 Å². The average Bonchev–Trinajstić information content (AvgIpc) is 3.20. The number of benzene rings is 1. The van der Waals surface area contributed by atoms with E-state index in [1.807, 2.05) is 30.1 Å². The Balaban J connectivity index is 1.51. The molecular weight excluding hydrogens is 498 g/mol. The first-order valence-electron chi connectivity index (χ1n) is 12.7. The molecule has 2 aromatic heterocycles. The average molecular weight is 532 g/mol. The Morgan fingerprint density at radius 1 is 1.21 bits per heavy atom. The fourth-order valence-electron chi connectivity index (χ4n) is 4.65. The van der Waals surface area contributed by atoms with Crippen LogP contribution in [0.15, 0.2) is 36.5 Å². The normalized spacial score (nSPS) is 18.3. The van der Waals surface area contributed by atoms with E-state index in [0.29, 0.717) is 41.9 Å². The van der Waals surface area contributed by atoms with Crippen LogP contribution < -0.4 is 15.4 Å². The minimum absolute atomic E-state index is 0.226. The van der Waals surface area contributed by atoms with Crippen molar-refractivity contribution in [3.05, 3.63) is 53.5 Å². The molecule has 0 aliphatic carbocycles. The van der Waals surface area contributed by atoms with Gasteiger partial charge >= 0.3 is 6.18 Å². The monoisotopic (exact) mass is 531 g/mol. The van der Waals surface area contributed by atoms with Crippen molar-refractivity contribution in [2.24, 2.45) is 0 Å². The molecule has 6 nitrogen and oxygen atoms in total. The lowest BCUT2D eigenvalue weighted by atomic mass is 10.0. The van der Waals surface area contributed by atoms with Crippen molar-refractivity contribution in [2.75, 3.05) is 39.1 Å². The Kier molecular flexibility index (Phi) is 8.80. The van der Waals surface area contributed by atoms with E-state index in [-0.39, 0.29) is 18.3 Å². The van der Waals surface area contributed by atoms with E-state index in [9.17, 15) is 17.6 Å². The number of pyridine rings is 1. The molecule has 3 heterocycles. The van der Waals surface area contributed by atoms with E-state index < -0.39 is 18.9 Å². The third-order valence-corrected chi connectivity index (χ3v) is 6.73. The standard InChI is InChI=1S/C28H33F4N5O/c1-4-19-7-8-25(27(12-19)38-3)33-10-5-6-22-14-20-13-21(15-35-24-9-11-36(2)17-23(24)29)34-16-26(20)37(22)18-28(30,31)32/h7-8,12-14,16,23-24,33,35H,4,9-11,15,17-18H2,1-3H3. The van der Waals surface area contributed by atoms with Crippen LogP contribution in [-0.4, -0.2) is 66.6 Å². The number of aromatic nitrogens is 2. The van der Waals surface area contributed by atoms with Crippen LogP contribution in [0.4, 0.5) is 23.2 Å². The predicted octanol–water partition coefficient (Wildman–Crippen LogP) is 4.77. The summed E-state index contributed by atoms with van der Waals surface area (Å²) in [6.45, 7) is 2.62. The molecule has 1 saturated heterocycles. The number of alkyl halides is 4. The Morgan fingerprint density at radius 2 is 2.03 bits per heavy atom. The number of ether oxygens (including phenoxy) is 1. The van der Waals surface area contributed by atoms with E-state index in [2.05, 4.69) is 34.4 Å². The van der Waals surface area contributed by atoms with E-state index >= 15 is 0 Å². The van der Waals surface area contributed by atoms with E-state index in [1.165, 1.54) is 6.20 Å². The predicted molar refractivity (Wildman–Crippen MR) is 141 cm³/mol. The molecule has 2 unspecified atom stereocenters. The highest BCUT2D eigenvalue weighted by Gasteiger charge is 2.30. The Hall–Kier alpha value is -3.29. The van der Waals surface area contributed by atoms with Crippen molar-refractivity contribution in [1.82, 2.24) is 19.8 Å². The summed E-state index contributed by atoms with van der Waals surface area (Å²) in [6.07, 6.45) is -2.40. The van der Waals surface area contributed by atoms with Gasteiger partial charge in [-0.25, -0.2) is 4.39 Å². The zero-order chi connectivity index (χ0) is 27.3. The quantitative estimate of drug-likeness (QED) is 0.324. The van der Waals surface area contributed by atoms with Gasteiger partial charge in [0.05, 0.1) is 42.4 Å². The summed E-state index contributed by atoms with van der Waals surface area (Å²) in [5.41, 5.74) is 3.13. The molecular formula is C28H33F4N5O. The number of methoxy groups -OCH3 is 1. The van der Waals surface area contributed by atoms with Crippen LogP contribution in [0.2, 0.25) is 0 Å². The largest absolute Gasteiger partial charge is 0.495 e. The van der Waals surface area contributed by atoms with Gasteiger partial charge in [-0.2, -0.15) is 13.2 Å². The van der Waals surface area contributed by atoms with Crippen molar-refractivity contribution < 1.29 is 22.3 Å². The highest BCUT2D eigenvalue weighted by atomic mass is 19.4. The van der Waals surface area contributed by atoms with Gasteiger partial charge < -0.3 is 24.8 Å². The first-order valence-corrected chi connectivity index (χ1v) is 12.7. The van der Waals surface area contributed by atoms with Gasteiger partial charge in [-0.1, -0.05) is 18.9 Å². The molecule has 1 fully saturated rings. The SMILES string of the molecule is CCc1ccc(NCC#Cc2cc3cc(CNC4CCN(C)CC4F)ncc3n2CC(F)(F)F)c(OC)c1. The third-order valence-electron chi connectivity index (χ3n) is 6.73. The van der Waals surface area contributed by atoms with E-state index in [4.69, 9.17) is 4.74 Å². The lowest BCUT2D eigenvalue weighted by Gasteiger charge is -2.32. The number of piperidine rings is 1. The molecule has 4 rings (SSSR count). The number of halogens is 4. The van der Waals surface area contributed by atoms with Gasteiger partial charge in [-0.15, -0.1) is 0 Å². The topological polar surface area (TPSA) is 54.3 Å². The van der Waals surface area contributed by atoms with Crippen LogP contribution in [0, 0.1) is 11.8 Å². The minimum atomic E-state index is -4.42. The number of nitrogens with one attached hydrogen (secondary N) is 2. The van der Waals surface area contributed by atoms with Crippen LogP contribution in [0.1, 0.15) is 30.3 Å². The zero-order valence-corrected chi connectivity index (χ0v) is 21.8. The molecule has 0 spiro atoms. The summed E-state index contributed by atoms with van der Waals surface area (Å²) < 4.78 is 61.1. The summed E-state index contributed by atoms with van der Waals surface area (Å²) in [5, 5.41) is 6.98. The Morgan fingerprint density at radius 3 is 2.74 bits per heavy atom. The molecule has 10 heteroatoms. The number of nitrogens with zero attached hydrogens (tertiary/aromatic N) is 3. The number of rotatable bonds is 8. The van der Waals surface area contributed by atoms with Gasteiger partial charge in [0.25, 0.3) is 0 Å². The molecule has 0 bridgehead atoms. The molecule has 0 radical (unpaired) electrons. The van der Waals surface area contributed by atoms with Gasteiger partial charge in [0.1, 0.15) is 18.5 Å². The van der Waals surface area contributed by atoms with Crippen LogP contribution in [-0.2, 0) is 19.5 Å². The molecule has 1 aromatic carbocycles. The van der Waals surface area contributed by atoms with Crippen molar-refractivity contribution in [3.63, 3.8) is 0 Å². The first kappa shape index (κ1) is 27.7. The lowest BCUT2D eigenvalue weighted by molar-refractivity contribution is -0.140. The van der Waals surface area contributed by atoms with Crippen molar-refractivity contribution in [1.29, 1.82) is 0 Å². The number of hydrogen-bond donors (Lipinski definition) is 2. The van der Waals surface area contributed by atoms with Crippen molar-refractivity contribution in [2.45, 2.75) is 51.2 Å². The minimum Gasteiger partial charge on any atom is -0.495 e. The maximum atomic E-state index is 14.3. The van der Waals surface area contributed by atoms with Gasteiger partial charge in [0.15, 0.2) is 0 Å². The fourth-order valence-corrected chi connectivity index (χ4v) is 4.65. The number of likely N-dealkylation sites (tertiary alicyclic amines) is 1. The summed E-state index contributed by atoms with van der Waals surface area (Å²) in [6, 6.07) is 8.93. The molecule has 38 heavy (non-hydrogen) atoms. The fraction of sp³-hybridized carbons (Fsp3) is 0.464. The summed E-state index contributed by atoms with van der Waals surface area (Å²) in [7, 11) is 3.48. The molecule has 1 aliphatic heterocycles. The van der Waals surface area contributed by atoms with Crippen LogP contribution in [0.5, 0.6) is 5.75 Å². The molecule has 1 aliphatic rings. The summed E-state index contributed by atoms with van der Waals surface area (Å²) in [4.78, 5) is 6.30. The van der Waals surface area contributed by atoms with Crippen molar-refractivity contribution in [3.8, 4) is 17.6 Å². The molecule has 0 saturated carbocycles. The second kappa shape index (κ2) is 12.0. The highest BCUT2D eigenvalue weighted by molar-refractivity contribution is 5.82. The number of anilines is 1. The summed E-state index contributed by atoms with van der Waals surface area (Å²) in [5.74, 6) is 6.49. The number of aryl methyl sites for hydroxylation is 1. The zero-order valence-electron chi connectivity index (χ0n) is 21.8. The molecule has 3 aromatic rings. The maximum absolute atomic E-state index is 14.3. The second-order valence-corrected chi connectivity index (χ2v) is 9.56. The molecule has 204 valence electrons. The second-order valence-electron chi connectivity index (χ2n) is 9.56.